The molecule has 0 radical (unpaired) electrons. The first-order valence-electron chi connectivity index (χ1n) is 10.2. The van der Waals surface area contributed by atoms with Gasteiger partial charge in [0.25, 0.3) is 12.3 Å². The van der Waals surface area contributed by atoms with Crippen molar-refractivity contribution >= 4 is 28.8 Å². The quantitative estimate of drug-likeness (QED) is 0.364. The number of halogens is 4. The summed E-state index contributed by atoms with van der Waals surface area (Å²) < 4.78 is 61.1. The fourth-order valence-electron chi connectivity index (χ4n) is 3.39. The number of aromatic nitrogens is 3. The van der Waals surface area contributed by atoms with E-state index in [0.717, 1.165) is 16.7 Å². The molecule has 2 heterocycles. The molecular weight excluding hydrogens is 470 g/mol. The van der Waals surface area contributed by atoms with Crippen LogP contribution in [-0.4, -0.2) is 32.8 Å². The number of alkyl halides is 2. The van der Waals surface area contributed by atoms with E-state index < -0.39 is 36.4 Å². The monoisotopic (exact) mass is 487 g/mol. The number of hydrogen-bond acceptors (Lipinski definition) is 5. The number of nitrogens with one attached hydrogen (secondary N) is 1. The zero-order valence-electron chi connectivity index (χ0n) is 17.8. The number of anilines is 1. The number of imidazole rings is 1. The van der Waals surface area contributed by atoms with Gasteiger partial charge in [0.15, 0.2) is 17.4 Å². The maximum Gasteiger partial charge on any atom is 0.256 e. The van der Waals surface area contributed by atoms with Crippen LogP contribution in [0.1, 0.15) is 15.9 Å². The summed E-state index contributed by atoms with van der Waals surface area (Å²) in [6.07, 6.45) is -1.78. The molecule has 0 aliphatic heterocycles. The standard InChI is InChI=1S/C23H17F4N5O3/c24-14-4-1-5-16-20(14)31-23(32(16)11-18(26)27)30-19(33)10-12-6-7-17(15(25)9-12)35-22-13(21(28)34)3-2-8-29-22/h1-9,18H,10-11H2,(H2,28,34)(H,30,31,33). The molecule has 0 aliphatic carbocycles. The van der Waals surface area contributed by atoms with Crippen LogP contribution in [0.25, 0.3) is 11.0 Å². The Bertz CT molecular complexity index is 1420. The number of fused-ring (bicyclic) bond motifs is 1. The van der Waals surface area contributed by atoms with Gasteiger partial charge < -0.3 is 15.0 Å². The third-order valence-corrected chi connectivity index (χ3v) is 4.91. The van der Waals surface area contributed by atoms with E-state index in [-0.39, 0.29) is 46.2 Å². The first kappa shape index (κ1) is 23.7. The van der Waals surface area contributed by atoms with Gasteiger partial charge in [-0.25, -0.2) is 27.5 Å². The second-order valence-corrected chi connectivity index (χ2v) is 7.36. The molecule has 0 saturated heterocycles. The van der Waals surface area contributed by atoms with E-state index >= 15 is 0 Å². The zero-order chi connectivity index (χ0) is 25.1. The minimum atomic E-state index is -2.78. The predicted octanol–water partition coefficient (Wildman–Crippen LogP) is 4.05. The molecule has 2 aromatic heterocycles. The average molecular weight is 487 g/mol. The number of benzene rings is 2. The average Bonchev–Trinajstić information content (AvgIpc) is 3.13. The topological polar surface area (TPSA) is 112 Å². The van der Waals surface area contributed by atoms with Crippen LogP contribution in [0.2, 0.25) is 0 Å². The second-order valence-electron chi connectivity index (χ2n) is 7.36. The van der Waals surface area contributed by atoms with Crippen LogP contribution < -0.4 is 15.8 Å². The van der Waals surface area contributed by atoms with Crippen molar-refractivity contribution in [3.63, 3.8) is 0 Å². The van der Waals surface area contributed by atoms with Crippen LogP contribution in [0.5, 0.6) is 11.6 Å². The number of rotatable bonds is 8. The van der Waals surface area contributed by atoms with E-state index in [2.05, 4.69) is 15.3 Å². The van der Waals surface area contributed by atoms with Gasteiger partial charge in [0.1, 0.15) is 11.1 Å². The number of amides is 2. The van der Waals surface area contributed by atoms with Crippen LogP contribution >= 0.6 is 0 Å². The Morgan fingerprint density at radius 1 is 1.09 bits per heavy atom. The summed E-state index contributed by atoms with van der Waals surface area (Å²) in [4.78, 5) is 31.8. The fourth-order valence-corrected chi connectivity index (χ4v) is 3.39. The SMILES string of the molecule is NC(=O)c1cccnc1Oc1ccc(CC(=O)Nc2nc3c(F)cccc3n2CC(F)F)cc1F. The molecule has 3 N–H and O–H groups in total. The Kier molecular flexibility index (Phi) is 6.62. The molecule has 0 bridgehead atoms. The number of primary amides is 1. The van der Waals surface area contributed by atoms with E-state index in [9.17, 15) is 27.2 Å². The number of nitrogens with zero attached hydrogens (tertiary/aromatic N) is 3. The van der Waals surface area contributed by atoms with Gasteiger partial charge in [-0.3, -0.25) is 14.9 Å². The Labute approximate surface area is 195 Å². The van der Waals surface area contributed by atoms with Gasteiger partial charge in [-0.2, -0.15) is 0 Å². The molecule has 2 aromatic carbocycles. The van der Waals surface area contributed by atoms with Crippen molar-refractivity contribution in [2.75, 3.05) is 5.32 Å². The molecule has 0 aliphatic rings. The Balaban J connectivity index is 1.51. The molecule has 35 heavy (non-hydrogen) atoms. The van der Waals surface area contributed by atoms with Crippen molar-refractivity contribution < 1.29 is 31.9 Å². The number of para-hydroxylation sites is 1. The van der Waals surface area contributed by atoms with Gasteiger partial charge in [0.05, 0.1) is 18.5 Å². The predicted molar refractivity (Wildman–Crippen MR) is 117 cm³/mol. The summed E-state index contributed by atoms with van der Waals surface area (Å²) in [5.74, 6) is -3.77. The van der Waals surface area contributed by atoms with E-state index in [0.29, 0.717) is 0 Å². The van der Waals surface area contributed by atoms with Crippen LogP contribution in [0, 0.1) is 11.6 Å². The van der Waals surface area contributed by atoms with Gasteiger partial charge in [0.2, 0.25) is 17.7 Å². The van der Waals surface area contributed by atoms with E-state index in [1.165, 1.54) is 42.6 Å². The maximum atomic E-state index is 14.6. The van der Waals surface area contributed by atoms with Crippen LogP contribution in [0.15, 0.2) is 54.7 Å². The lowest BCUT2D eigenvalue weighted by atomic mass is 10.1. The van der Waals surface area contributed by atoms with Gasteiger partial charge in [-0.05, 0) is 42.0 Å². The van der Waals surface area contributed by atoms with Crippen LogP contribution in [0.3, 0.4) is 0 Å². The molecular formula is C23H17F4N5O3. The molecule has 2 amide bonds. The lowest BCUT2D eigenvalue weighted by Gasteiger charge is -2.11. The highest BCUT2D eigenvalue weighted by Gasteiger charge is 2.19. The lowest BCUT2D eigenvalue weighted by molar-refractivity contribution is -0.115. The summed E-state index contributed by atoms with van der Waals surface area (Å²) in [5, 5.41) is 2.37. The largest absolute Gasteiger partial charge is 0.435 e. The summed E-state index contributed by atoms with van der Waals surface area (Å²) >= 11 is 0. The Hall–Kier alpha value is -4.48. The molecule has 0 spiro atoms. The fraction of sp³-hybridized carbons (Fsp3) is 0.130. The minimum absolute atomic E-state index is 0.0431. The van der Waals surface area contributed by atoms with E-state index in [4.69, 9.17) is 10.5 Å². The highest BCUT2D eigenvalue weighted by Crippen LogP contribution is 2.27. The molecule has 0 unspecified atom stereocenters. The summed E-state index contributed by atoms with van der Waals surface area (Å²) in [6.45, 7) is -0.808. The number of pyridine rings is 1. The van der Waals surface area contributed by atoms with Crippen molar-refractivity contribution in [3.8, 4) is 11.6 Å². The Morgan fingerprint density at radius 2 is 1.89 bits per heavy atom. The van der Waals surface area contributed by atoms with E-state index in [1.54, 1.807) is 0 Å². The normalized spacial score (nSPS) is 11.1. The number of hydrogen-bond donors (Lipinski definition) is 2. The van der Waals surface area contributed by atoms with Gasteiger partial charge >= 0.3 is 0 Å². The van der Waals surface area contributed by atoms with Crippen molar-refractivity contribution in [2.24, 2.45) is 5.73 Å². The Morgan fingerprint density at radius 3 is 2.60 bits per heavy atom. The van der Waals surface area contributed by atoms with Crippen LogP contribution in [-0.2, 0) is 17.8 Å². The van der Waals surface area contributed by atoms with Gasteiger partial charge in [-0.15, -0.1) is 0 Å². The number of carbonyl (C=O) groups is 2. The zero-order valence-corrected chi connectivity index (χ0v) is 17.8. The highest BCUT2D eigenvalue weighted by atomic mass is 19.3. The smallest absolute Gasteiger partial charge is 0.256 e. The lowest BCUT2D eigenvalue weighted by Crippen LogP contribution is -2.19. The summed E-state index contributed by atoms with van der Waals surface area (Å²) in [7, 11) is 0. The molecule has 0 fully saturated rings. The molecule has 4 aromatic rings. The first-order chi connectivity index (χ1) is 16.7. The number of nitrogens with two attached hydrogens (primary N) is 1. The third-order valence-electron chi connectivity index (χ3n) is 4.91. The molecule has 180 valence electrons. The summed E-state index contributed by atoms with van der Waals surface area (Å²) in [6, 6.07) is 10.4. The molecule has 0 saturated carbocycles. The van der Waals surface area contributed by atoms with Gasteiger partial charge in [-0.1, -0.05) is 12.1 Å². The maximum absolute atomic E-state index is 14.6. The molecule has 12 heteroatoms. The molecule has 8 nitrogen and oxygen atoms in total. The summed E-state index contributed by atoms with van der Waals surface area (Å²) in [5.41, 5.74) is 5.37. The number of carbonyl (C=O) groups excluding carboxylic acids is 2. The van der Waals surface area contributed by atoms with Gasteiger partial charge in [0, 0.05) is 6.20 Å². The number of ether oxygens (including phenoxy) is 1. The van der Waals surface area contributed by atoms with Crippen molar-refractivity contribution in [3.05, 3.63) is 77.5 Å². The van der Waals surface area contributed by atoms with Crippen molar-refractivity contribution in [1.29, 1.82) is 0 Å². The van der Waals surface area contributed by atoms with E-state index in [1.807, 2.05) is 0 Å². The van der Waals surface area contributed by atoms with Crippen molar-refractivity contribution in [2.45, 2.75) is 19.4 Å². The minimum Gasteiger partial charge on any atom is -0.435 e. The second kappa shape index (κ2) is 9.79. The van der Waals surface area contributed by atoms with Crippen LogP contribution in [0.4, 0.5) is 23.5 Å². The molecule has 0 atom stereocenters. The molecule has 4 rings (SSSR count). The van der Waals surface area contributed by atoms with Crippen molar-refractivity contribution in [1.82, 2.24) is 14.5 Å². The highest BCUT2D eigenvalue weighted by molar-refractivity contribution is 5.95. The third kappa shape index (κ3) is 5.21. The first-order valence-corrected chi connectivity index (χ1v) is 10.2.